The second-order valence-electron chi connectivity index (χ2n) is 5.91. The van der Waals surface area contributed by atoms with Crippen molar-refractivity contribution in [1.29, 1.82) is 0 Å². The molecule has 0 aromatic heterocycles. The summed E-state index contributed by atoms with van der Waals surface area (Å²) in [5.41, 5.74) is 5.19. The topological polar surface area (TPSA) is 105 Å². The Balaban J connectivity index is 2.88. The molecule has 1 aromatic carbocycles. The second-order valence-corrected chi connectivity index (χ2v) is 7.75. The number of benzene rings is 1. The van der Waals surface area contributed by atoms with E-state index in [1.807, 2.05) is 20.8 Å². The largest absolute Gasteiger partial charge is 0.409 e. The van der Waals surface area contributed by atoms with E-state index in [2.05, 4.69) is 9.88 Å². The third-order valence-corrected chi connectivity index (χ3v) is 4.03. The molecule has 0 amide bonds. The van der Waals surface area contributed by atoms with Crippen molar-refractivity contribution in [2.24, 2.45) is 16.3 Å². The summed E-state index contributed by atoms with van der Waals surface area (Å²) in [5.74, 6) is -1.15. The van der Waals surface area contributed by atoms with E-state index in [-0.39, 0.29) is 28.3 Å². The molecule has 118 valence electrons. The van der Waals surface area contributed by atoms with Crippen molar-refractivity contribution in [3.63, 3.8) is 0 Å². The second kappa shape index (κ2) is 6.30. The Morgan fingerprint density at radius 1 is 1.43 bits per heavy atom. The van der Waals surface area contributed by atoms with Gasteiger partial charge in [-0.1, -0.05) is 25.9 Å². The minimum atomic E-state index is -3.63. The third kappa shape index (κ3) is 5.58. The zero-order valence-electron chi connectivity index (χ0n) is 12.2. The molecule has 0 bridgehead atoms. The van der Waals surface area contributed by atoms with E-state index in [0.717, 1.165) is 6.07 Å². The molecule has 6 nitrogen and oxygen atoms in total. The van der Waals surface area contributed by atoms with Crippen LogP contribution >= 0.6 is 0 Å². The molecular formula is C13H20FN3O3S. The number of amidine groups is 1. The molecular weight excluding hydrogens is 297 g/mol. The van der Waals surface area contributed by atoms with Crippen molar-refractivity contribution in [3.05, 3.63) is 29.6 Å². The highest BCUT2D eigenvalue weighted by Gasteiger charge is 2.19. The average Bonchev–Trinajstić information content (AvgIpc) is 2.37. The van der Waals surface area contributed by atoms with Gasteiger partial charge in [0.15, 0.2) is 5.84 Å². The lowest BCUT2D eigenvalue weighted by molar-refractivity contribution is 0.318. The molecule has 21 heavy (non-hydrogen) atoms. The van der Waals surface area contributed by atoms with Crippen LogP contribution in [-0.2, 0) is 10.0 Å². The Morgan fingerprint density at radius 2 is 2.05 bits per heavy atom. The Morgan fingerprint density at radius 3 is 2.52 bits per heavy atom. The molecule has 0 spiro atoms. The number of nitrogens with two attached hydrogens (primary N) is 1. The maximum absolute atomic E-state index is 13.8. The van der Waals surface area contributed by atoms with Crippen LogP contribution in [-0.4, -0.2) is 25.2 Å². The van der Waals surface area contributed by atoms with E-state index in [0.29, 0.717) is 6.42 Å². The maximum Gasteiger partial charge on any atom is 0.232 e. The van der Waals surface area contributed by atoms with E-state index in [4.69, 9.17) is 10.9 Å². The molecule has 0 fully saturated rings. The van der Waals surface area contributed by atoms with Gasteiger partial charge in [-0.15, -0.1) is 0 Å². The van der Waals surface area contributed by atoms with Crippen LogP contribution in [0.3, 0.4) is 0 Å². The maximum atomic E-state index is 13.8. The number of hydrogen-bond acceptors (Lipinski definition) is 4. The first-order chi connectivity index (χ1) is 9.54. The van der Waals surface area contributed by atoms with Gasteiger partial charge < -0.3 is 10.9 Å². The van der Waals surface area contributed by atoms with Crippen LogP contribution in [0.5, 0.6) is 0 Å². The Bertz CT molecular complexity index is 637. The molecule has 0 atom stereocenters. The monoisotopic (exact) mass is 317 g/mol. The fourth-order valence-electron chi connectivity index (χ4n) is 1.47. The first kappa shape index (κ1) is 17.2. The Kier molecular flexibility index (Phi) is 5.16. The van der Waals surface area contributed by atoms with Crippen LogP contribution in [0.15, 0.2) is 23.4 Å². The summed E-state index contributed by atoms with van der Waals surface area (Å²) in [4.78, 5) is 0. The highest BCUT2D eigenvalue weighted by molar-refractivity contribution is 7.92. The lowest BCUT2D eigenvalue weighted by Gasteiger charge is -2.18. The van der Waals surface area contributed by atoms with Crippen molar-refractivity contribution < 1.29 is 18.0 Å². The number of halogens is 1. The summed E-state index contributed by atoms with van der Waals surface area (Å²) in [5, 5.41) is 11.3. The number of nitrogens with zero attached hydrogens (tertiary/aromatic N) is 1. The van der Waals surface area contributed by atoms with E-state index >= 15 is 0 Å². The summed E-state index contributed by atoms with van der Waals surface area (Å²) in [7, 11) is -3.63. The predicted molar refractivity (Wildman–Crippen MR) is 80.4 cm³/mol. The molecule has 0 saturated heterocycles. The van der Waals surface area contributed by atoms with Gasteiger partial charge in [-0.25, -0.2) is 12.8 Å². The lowest BCUT2D eigenvalue weighted by atomic mass is 9.94. The smallest absolute Gasteiger partial charge is 0.232 e. The third-order valence-electron chi connectivity index (χ3n) is 2.76. The van der Waals surface area contributed by atoms with Crippen LogP contribution in [0.25, 0.3) is 0 Å². The molecule has 0 saturated carbocycles. The molecule has 0 aliphatic rings. The van der Waals surface area contributed by atoms with Gasteiger partial charge in [0.25, 0.3) is 0 Å². The summed E-state index contributed by atoms with van der Waals surface area (Å²) in [6.07, 6.45) is 0.451. The number of anilines is 1. The van der Waals surface area contributed by atoms with Gasteiger partial charge in [-0.05, 0) is 30.0 Å². The number of nitrogens with one attached hydrogen (secondary N) is 1. The van der Waals surface area contributed by atoms with Crippen LogP contribution in [0, 0.1) is 11.2 Å². The van der Waals surface area contributed by atoms with Gasteiger partial charge in [0.2, 0.25) is 10.0 Å². The van der Waals surface area contributed by atoms with Gasteiger partial charge in [0.1, 0.15) is 5.82 Å². The molecule has 1 rings (SSSR count). The SMILES string of the molecule is CC(C)(C)CCS(=O)(=O)Nc1ccc(/C(N)=N/O)cc1F. The Hall–Kier alpha value is -1.83. The summed E-state index contributed by atoms with van der Waals surface area (Å²) in [6, 6.07) is 3.59. The molecule has 0 radical (unpaired) electrons. The molecule has 8 heteroatoms. The minimum Gasteiger partial charge on any atom is -0.409 e. The number of rotatable bonds is 5. The van der Waals surface area contributed by atoms with E-state index in [1.54, 1.807) is 0 Å². The molecule has 0 aliphatic carbocycles. The van der Waals surface area contributed by atoms with Crippen LogP contribution < -0.4 is 10.5 Å². The minimum absolute atomic E-state index is 0.0993. The quantitative estimate of drug-likeness (QED) is 0.335. The van der Waals surface area contributed by atoms with Gasteiger partial charge in [-0.2, -0.15) is 0 Å². The fraction of sp³-hybridized carbons (Fsp3) is 0.462. The van der Waals surface area contributed by atoms with Crippen molar-refractivity contribution in [3.8, 4) is 0 Å². The molecule has 1 aromatic rings. The molecule has 0 unspecified atom stereocenters. The van der Waals surface area contributed by atoms with E-state index in [9.17, 15) is 12.8 Å². The lowest BCUT2D eigenvalue weighted by Crippen LogP contribution is -2.21. The summed E-state index contributed by atoms with van der Waals surface area (Å²) < 4.78 is 39.8. The number of hydrogen-bond donors (Lipinski definition) is 3. The Labute approximate surface area is 123 Å². The van der Waals surface area contributed by atoms with Crippen LogP contribution in [0.1, 0.15) is 32.8 Å². The number of sulfonamides is 1. The van der Waals surface area contributed by atoms with Crippen molar-refractivity contribution in [2.45, 2.75) is 27.2 Å². The first-order valence-corrected chi connectivity index (χ1v) is 7.97. The highest BCUT2D eigenvalue weighted by atomic mass is 32.2. The van der Waals surface area contributed by atoms with Crippen LogP contribution in [0.2, 0.25) is 0 Å². The molecule has 4 N–H and O–H groups in total. The van der Waals surface area contributed by atoms with Crippen molar-refractivity contribution >= 4 is 21.5 Å². The van der Waals surface area contributed by atoms with Gasteiger partial charge >= 0.3 is 0 Å². The normalized spacial score (nSPS) is 13.2. The van der Waals surface area contributed by atoms with Gasteiger partial charge in [0.05, 0.1) is 11.4 Å². The molecule has 0 aliphatic heterocycles. The fourth-order valence-corrected chi connectivity index (χ4v) is 2.96. The average molecular weight is 317 g/mol. The highest BCUT2D eigenvalue weighted by Crippen LogP contribution is 2.21. The first-order valence-electron chi connectivity index (χ1n) is 6.32. The van der Waals surface area contributed by atoms with Crippen LogP contribution in [0.4, 0.5) is 10.1 Å². The van der Waals surface area contributed by atoms with Gasteiger partial charge in [0, 0.05) is 5.56 Å². The van der Waals surface area contributed by atoms with Gasteiger partial charge in [-0.3, -0.25) is 4.72 Å². The summed E-state index contributed by atoms with van der Waals surface area (Å²) in [6.45, 7) is 5.78. The summed E-state index contributed by atoms with van der Waals surface area (Å²) >= 11 is 0. The zero-order valence-corrected chi connectivity index (χ0v) is 13.0. The molecule has 0 heterocycles. The van der Waals surface area contributed by atoms with E-state index < -0.39 is 15.8 Å². The predicted octanol–water partition coefficient (Wildman–Crippen LogP) is 2.10. The zero-order chi connectivity index (χ0) is 16.3. The standard InChI is InChI=1S/C13H20FN3O3S/c1-13(2,3)6-7-21(19,20)17-11-5-4-9(8-10(11)14)12(15)16-18/h4-5,8,17-18H,6-7H2,1-3H3,(H2,15,16). The van der Waals surface area contributed by atoms with Crippen molar-refractivity contribution in [1.82, 2.24) is 0 Å². The van der Waals surface area contributed by atoms with E-state index in [1.165, 1.54) is 12.1 Å². The van der Waals surface area contributed by atoms with Crippen molar-refractivity contribution in [2.75, 3.05) is 10.5 Å². The number of oxime groups is 1.